The van der Waals surface area contributed by atoms with E-state index in [1.54, 1.807) is 0 Å². The summed E-state index contributed by atoms with van der Waals surface area (Å²) in [5.41, 5.74) is -0.571. The molecule has 4 heterocycles. The van der Waals surface area contributed by atoms with E-state index in [2.05, 4.69) is 17.6 Å². The summed E-state index contributed by atoms with van der Waals surface area (Å²) in [5.74, 6) is 0.321. The zero-order valence-corrected chi connectivity index (χ0v) is 14.4. The number of ether oxygens (including phenoxy) is 1. The Kier molecular flexibility index (Phi) is 4.25. The molecule has 1 spiro atoms. The van der Waals surface area contributed by atoms with Gasteiger partial charge >= 0.3 is 6.09 Å². The lowest BCUT2D eigenvalue weighted by molar-refractivity contribution is -0.147. The number of amides is 2. The predicted molar refractivity (Wildman–Crippen MR) is 87.6 cm³/mol. The van der Waals surface area contributed by atoms with Crippen molar-refractivity contribution in [3.05, 3.63) is 0 Å². The maximum atomic E-state index is 13.2. The molecule has 0 saturated carbocycles. The number of hydrogen-bond donors (Lipinski definition) is 2. The van der Waals surface area contributed by atoms with E-state index in [1.807, 2.05) is 4.90 Å². The molecule has 2 amide bonds. The molecule has 2 bridgehead atoms. The van der Waals surface area contributed by atoms with Gasteiger partial charge in [-0.25, -0.2) is 4.79 Å². The monoisotopic (exact) mass is 343 g/mol. The van der Waals surface area contributed by atoms with Crippen LogP contribution in [-0.4, -0.2) is 54.2 Å². The first-order valence-electron chi connectivity index (χ1n) is 8.59. The Labute approximate surface area is 143 Å². The first-order valence-corrected chi connectivity index (χ1v) is 8.59. The first kappa shape index (κ1) is 16.8. The van der Waals surface area contributed by atoms with Gasteiger partial charge in [0, 0.05) is 38.0 Å². The number of likely N-dealkylation sites (tertiary alicyclic amines) is 1. The van der Waals surface area contributed by atoms with Gasteiger partial charge in [-0.15, -0.1) is 12.4 Å². The summed E-state index contributed by atoms with van der Waals surface area (Å²) >= 11 is 0. The largest absolute Gasteiger partial charge is 0.441 e. The van der Waals surface area contributed by atoms with Crippen LogP contribution >= 0.6 is 12.4 Å². The normalized spacial score (nSPS) is 37.4. The van der Waals surface area contributed by atoms with E-state index in [9.17, 15) is 9.59 Å². The lowest BCUT2D eigenvalue weighted by Crippen LogP contribution is -2.55. The molecule has 0 aliphatic carbocycles. The maximum absolute atomic E-state index is 13.2. The molecule has 4 aliphatic rings. The Hall–Kier alpha value is -1.01. The van der Waals surface area contributed by atoms with E-state index in [1.165, 1.54) is 6.42 Å². The van der Waals surface area contributed by atoms with Gasteiger partial charge in [0.25, 0.3) is 0 Å². The Balaban J connectivity index is 0.00000156. The number of piperidine rings is 1. The summed E-state index contributed by atoms with van der Waals surface area (Å²) in [6.45, 7) is 4.13. The van der Waals surface area contributed by atoms with Crippen LogP contribution in [0.15, 0.2) is 0 Å². The van der Waals surface area contributed by atoms with Gasteiger partial charge in [-0.3, -0.25) is 4.79 Å². The summed E-state index contributed by atoms with van der Waals surface area (Å²) in [5, 5.41) is 6.36. The molecular formula is C16H26ClN3O3. The van der Waals surface area contributed by atoms with Crippen molar-refractivity contribution in [3.63, 3.8) is 0 Å². The molecule has 4 rings (SSSR count). The Morgan fingerprint density at radius 1 is 1.35 bits per heavy atom. The highest BCUT2D eigenvalue weighted by atomic mass is 35.5. The second kappa shape index (κ2) is 5.81. The topological polar surface area (TPSA) is 70.7 Å². The summed E-state index contributed by atoms with van der Waals surface area (Å²) < 4.78 is 5.44. The molecule has 3 atom stereocenters. The zero-order chi connectivity index (χ0) is 15.4. The van der Waals surface area contributed by atoms with Gasteiger partial charge < -0.3 is 20.3 Å². The van der Waals surface area contributed by atoms with Gasteiger partial charge in [-0.2, -0.15) is 0 Å². The standard InChI is InChI=1S/C16H25N3O3.ClH/c1-2-16(9-11-3-4-12(16)18-11)13(20)19-7-5-15(6-8-19)10-17-14(21)22-15;/h11-12,18H,2-10H2,1H3,(H,17,21);1H/t11-,12+,16+;/m0./s1. The van der Waals surface area contributed by atoms with Crippen LogP contribution in [0.2, 0.25) is 0 Å². The van der Waals surface area contributed by atoms with Crippen molar-refractivity contribution in [1.29, 1.82) is 0 Å². The quantitative estimate of drug-likeness (QED) is 0.795. The number of carbonyl (C=O) groups is 2. The van der Waals surface area contributed by atoms with Crippen molar-refractivity contribution in [3.8, 4) is 0 Å². The van der Waals surface area contributed by atoms with E-state index in [0.717, 1.165) is 32.1 Å². The summed E-state index contributed by atoms with van der Waals surface area (Å²) in [7, 11) is 0. The summed E-state index contributed by atoms with van der Waals surface area (Å²) in [6.07, 6.45) is 5.43. The smallest absolute Gasteiger partial charge is 0.407 e. The van der Waals surface area contributed by atoms with E-state index >= 15 is 0 Å². The molecule has 6 nitrogen and oxygen atoms in total. The predicted octanol–water partition coefficient (Wildman–Crippen LogP) is 1.43. The average Bonchev–Trinajstić information content (AvgIpc) is 3.23. The third-order valence-corrected chi connectivity index (χ3v) is 6.40. The molecule has 0 aromatic heterocycles. The highest BCUT2D eigenvalue weighted by Crippen LogP contribution is 2.47. The molecule has 0 unspecified atom stereocenters. The van der Waals surface area contributed by atoms with Gasteiger partial charge in [0.1, 0.15) is 5.60 Å². The Bertz CT molecular complexity index is 507. The number of nitrogens with one attached hydrogen (secondary N) is 2. The molecule has 0 radical (unpaired) electrons. The number of nitrogens with zero attached hydrogens (tertiary/aromatic N) is 1. The van der Waals surface area contributed by atoms with Crippen molar-refractivity contribution in [2.45, 2.75) is 63.1 Å². The van der Waals surface area contributed by atoms with Crippen molar-refractivity contribution in [1.82, 2.24) is 15.5 Å². The molecule has 23 heavy (non-hydrogen) atoms. The van der Waals surface area contributed by atoms with Gasteiger partial charge in [0.2, 0.25) is 5.91 Å². The highest BCUT2D eigenvalue weighted by Gasteiger charge is 2.56. The maximum Gasteiger partial charge on any atom is 0.407 e. The fourth-order valence-electron chi connectivity index (χ4n) is 4.99. The van der Waals surface area contributed by atoms with Crippen molar-refractivity contribution >= 4 is 24.4 Å². The van der Waals surface area contributed by atoms with Crippen LogP contribution in [0.3, 0.4) is 0 Å². The number of carbonyl (C=O) groups excluding carboxylic acids is 2. The van der Waals surface area contributed by atoms with E-state index in [-0.39, 0.29) is 29.5 Å². The molecule has 130 valence electrons. The summed E-state index contributed by atoms with van der Waals surface area (Å²) in [6, 6.07) is 0.891. The first-order chi connectivity index (χ1) is 10.6. The lowest BCUT2D eigenvalue weighted by atomic mass is 9.70. The molecule has 0 aromatic rings. The molecule has 0 aromatic carbocycles. The van der Waals surface area contributed by atoms with Crippen LogP contribution < -0.4 is 10.6 Å². The van der Waals surface area contributed by atoms with Gasteiger partial charge in [-0.1, -0.05) is 6.92 Å². The number of rotatable bonds is 2. The van der Waals surface area contributed by atoms with Crippen LogP contribution in [0.4, 0.5) is 4.79 Å². The number of halogens is 1. The van der Waals surface area contributed by atoms with Gasteiger partial charge in [0.05, 0.1) is 12.0 Å². The fourth-order valence-corrected chi connectivity index (χ4v) is 4.99. The molecule has 4 fully saturated rings. The Morgan fingerprint density at radius 2 is 2.09 bits per heavy atom. The molecule has 2 N–H and O–H groups in total. The van der Waals surface area contributed by atoms with Crippen molar-refractivity contribution in [2.24, 2.45) is 5.41 Å². The van der Waals surface area contributed by atoms with E-state index < -0.39 is 0 Å². The Morgan fingerprint density at radius 3 is 2.57 bits per heavy atom. The second-order valence-corrected chi connectivity index (χ2v) is 7.43. The fraction of sp³-hybridized carbons (Fsp3) is 0.875. The molecular weight excluding hydrogens is 318 g/mol. The van der Waals surface area contributed by atoms with Crippen LogP contribution in [0, 0.1) is 5.41 Å². The van der Waals surface area contributed by atoms with Crippen LogP contribution in [0.25, 0.3) is 0 Å². The van der Waals surface area contributed by atoms with E-state index in [0.29, 0.717) is 37.6 Å². The third-order valence-electron chi connectivity index (χ3n) is 6.40. The second-order valence-electron chi connectivity index (χ2n) is 7.43. The molecule has 7 heteroatoms. The lowest BCUT2D eigenvalue weighted by Gasteiger charge is -2.43. The number of hydrogen-bond acceptors (Lipinski definition) is 4. The van der Waals surface area contributed by atoms with Crippen LogP contribution in [-0.2, 0) is 9.53 Å². The van der Waals surface area contributed by atoms with Crippen molar-refractivity contribution in [2.75, 3.05) is 19.6 Å². The summed E-state index contributed by atoms with van der Waals surface area (Å²) in [4.78, 5) is 26.5. The average molecular weight is 344 g/mol. The SMILES string of the molecule is CC[C@@]1(C(=O)N2CCC3(CC2)CNC(=O)O3)C[C@@H]2CC[C@H]1N2.Cl. The van der Waals surface area contributed by atoms with E-state index in [4.69, 9.17) is 4.74 Å². The minimum atomic E-state index is -0.375. The van der Waals surface area contributed by atoms with Crippen LogP contribution in [0.5, 0.6) is 0 Å². The van der Waals surface area contributed by atoms with Gasteiger partial charge in [0.15, 0.2) is 0 Å². The minimum absolute atomic E-state index is 0. The molecule has 4 aliphatic heterocycles. The zero-order valence-electron chi connectivity index (χ0n) is 13.6. The molecule has 4 saturated heterocycles. The van der Waals surface area contributed by atoms with Gasteiger partial charge in [-0.05, 0) is 25.7 Å². The van der Waals surface area contributed by atoms with Crippen molar-refractivity contribution < 1.29 is 14.3 Å². The minimum Gasteiger partial charge on any atom is -0.441 e. The number of alkyl carbamates (subject to hydrolysis) is 1. The van der Waals surface area contributed by atoms with Crippen LogP contribution in [0.1, 0.15) is 45.4 Å². The third kappa shape index (κ3) is 2.50. The number of fused-ring (bicyclic) bond motifs is 2. The highest BCUT2D eigenvalue weighted by molar-refractivity contribution is 5.85.